The van der Waals surface area contributed by atoms with E-state index in [2.05, 4.69) is 8.75 Å². The van der Waals surface area contributed by atoms with Gasteiger partial charge in [0.05, 0.1) is 22.9 Å². The Morgan fingerprint density at radius 3 is 2.19 bits per heavy atom. The number of rotatable bonds is 4. The number of carboxylic acid groups (broad SMARTS) is 2. The Morgan fingerprint density at radius 2 is 1.46 bits per heavy atom. The van der Waals surface area contributed by atoms with Crippen molar-refractivity contribution < 1.29 is 29.3 Å². The lowest BCUT2D eigenvalue weighted by atomic mass is 9.94. The van der Waals surface area contributed by atoms with Crippen LogP contribution in [0, 0.1) is 0 Å². The molecule has 0 bridgehead atoms. The van der Waals surface area contributed by atoms with E-state index in [1.807, 2.05) is 0 Å². The summed E-state index contributed by atoms with van der Waals surface area (Å²) in [6.45, 7) is 0.0319. The molecular formula is C17H10N2O6S. The van der Waals surface area contributed by atoms with Gasteiger partial charge in [-0.1, -0.05) is 12.1 Å². The average Bonchev–Trinajstić information content (AvgIpc) is 3.26. The van der Waals surface area contributed by atoms with E-state index in [-0.39, 0.29) is 29.1 Å². The largest absolute Gasteiger partial charge is 0.478 e. The van der Waals surface area contributed by atoms with Crippen LogP contribution in [0.25, 0.3) is 22.2 Å². The quantitative estimate of drug-likeness (QED) is 0.531. The third-order valence-corrected chi connectivity index (χ3v) is 4.44. The topological polar surface area (TPSA) is 119 Å². The molecule has 0 atom stereocenters. The number of benzene rings is 2. The molecule has 0 amide bonds. The van der Waals surface area contributed by atoms with E-state index in [1.54, 1.807) is 12.1 Å². The summed E-state index contributed by atoms with van der Waals surface area (Å²) in [6.07, 6.45) is 0. The van der Waals surface area contributed by atoms with Crippen molar-refractivity contribution in [2.24, 2.45) is 0 Å². The van der Waals surface area contributed by atoms with Crippen LogP contribution in [0.5, 0.6) is 11.5 Å². The SMILES string of the molecule is O=C(O)C(=C(C(=O)O)c1ccc2nsnc2c1)c1ccc2c(c1)OCO2. The van der Waals surface area contributed by atoms with E-state index in [1.165, 1.54) is 24.3 Å². The van der Waals surface area contributed by atoms with E-state index in [4.69, 9.17) is 9.47 Å². The van der Waals surface area contributed by atoms with Gasteiger partial charge < -0.3 is 19.7 Å². The van der Waals surface area contributed by atoms with Gasteiger partial charge in [0.15, 0.2) is 11.5 Å². The maximum Gasteiger partial charge on any atom is 0.337 e. The minimum Gasteiger partial charge on any atom is -0.478 e. The van der Waals surface area contributed by atoms with E-state index < -0.39 is 11.9 Å². The summed E-state index contributed by atoms with van der Waals surface area (Å²) >= 11 is 0.996. The van der Waals surface area contributed by atoms with Gasteiger partial charge in [0.1, 0.15) is 11.0 Å². The Balaban J connectivity index is 1.95. The first-order valence-electron chi connectivity index (χ1n) is 7.38. The monoisotopic (exact) mass is 370 g/mol. The first-order chi connectivity index (χ1) is 12.5. The summed E-state index contributed by atoms with van der Waals surface area (Å²) in [5.41, 5.74) is 0.859. The molecule has 0 aliphatic carbocycles. The molecule has 2 aromatic carbocycles. The Hall–Kier alpha value is -3.46. The first kappa shape index (κ1) is 16.0. The fraction of sp³-hybridized carbons (Fsp3) is 0.0588. The van der Waals surface area contributed by atoms with E-state index in [0.717, 1.165) is 11.7 Å². The predicted octanol–water partition coefficient (Wildman–Crippen LogP) is 2.50. The summed E-state index contributed by atoms with van der Waals surface area (Å²) in [7, 11) is 0. The normalized spacial score (nSPS) is 13.5. The fourth-order valence-corrected chi connectivity index (χ4v) is 3.26. The van der Waals surface area contributed by atoms with Gasteiger partial charge in [0, 0.05) is 0 Å². The summed E-state index contributed by atoms with van der Waals surface area (Å²) < 4.78 is 18.6. The molecule has 0 spiro atoms. The molecule has 1 aliphatic rings. The molecular weight excluding hydrogens is 360 g/mol. The van der Waals surface area contributed by atoms with Crippen LogP contribution in [-0.2, 0) is 9.59 Å². The molecule has 0 saturated carbocycles. The molecule has 1 aliphatic heterocycles. The highest BCUT2D eigenvalue weighted by Gasteiger charge is 2.26. The lowest BCUT2D eigenvalue weighted by Crippen LogP contribution is -2.10. The number of hydrogen-bond acceptors (Lipinski definition) is 7. The number of carboxylic acids is 2. The second-order valence-corrected chi connectivity index (χ2v) is 5.92. The summed E-state index contributed by atoms with van der Waals surface area (Å²) in [4.78, 5) is 23.8. The van der Waals surface area contributed by atoms with Crippen LogP contribution in [0.15, 0.2) is 36.4 Å². The van der Waals surface area contributed by atoms with Crippen molar-refractivity contribution in [3.63, 3.8) is 0 Å². The van der Waals surface area contributed by atoms with Crippen LogP contribution in [0.4, 0.5) is 0 Å². The Bertz CT molecular complexity index is 1090. The third kappa shape index (κ3) is 2.64. The lowest BCUT2D eigenvalue weighted by molar-refractivity contribution is -0.132. The molecule has 8 nitrogen and oxygen atoms in total. The molecule has 2 heterocycles. The van der Waals surface area contributed by atoms with Crippen molar-refractivity contribution in [3.8, 4) is 11.5 Å². The molecule has 4 rings (SSSR count). The van der Waals surface area contributed by atoms with Crippen LogP contribution in [0.2, 0.25) is 0 Å². The van der Waals surface area contributed by atoms with Crippen LogP contribution < -0.4 is 9.47 Å². The fourth-order valence-electron chi connectivity index (χ4n) is 2.74. The van der Waals surface area contributed by atoms with Crippen LogP contribution in [0.1, 0.15) is 11.1 Å². The van der Waals surface area contributed by atoms with Crippen molar-refractivity contribution in [2.45, 2.75) is 0 Å². The summed E-state index contributed by atoms with van der Waals surface area (Å²) in [5, 5.41) is 19.4. The maximum absolute atomic E-state index is 11.9. The van der Waals surface area contributed by atoms with Crippen molar-refractivity contribution >= 4 is 45.8 Å². The number of hydrogen-bond donors (Lipinski definition) is 2. The van der Waals surface area contributed by atoms with Gasteiger partial charge in [-0.25, -0.2) is 9.59 Å². The van der Waals surface area contributed by atoms with E-state index >= 15 is 0 Å². The van der Waals surface area contributed by atoms with Gasteiger partial charge in [0.25, 0.3) is 0 Å². The van der Waals surface area contributed by atoms with Gasteiger partial charge in [-0.05, 0) is 35.4 Å². The molecule has 3 aromatic rings. The van der Waals surface area contributed by atoms with E-state index in [0.29, 0.717) is 22.5 Å². The van der Waals surface area contributed by atoms with Gasteiger partial charge in [0.2, 0.25) is 6.79 Å². The zero-order valence-electron chi connectivity index (χ0n) is 13.0. The van der Waals surface area contributed by atoms with Crippen molar-refractivity contribution in [1.29, 1.82) is 0 Å². The molecule has 26 heavy (non-hydrogen) atoms. The molecule has 130 valence electrons. The van der Waals surface area contributed by atoms with Gasteiger partial charge >= 0.3 is 11.9 Å². The highest BCUT2D eigenvalue weighted by atomic mass is 32.1. The highest BCUT2D eigenvalue weighted by molar-refractivity contribution is 7.00. The van der Waals surface area contributed by atoms with Crippen LogP contribution >= 0.6 is 11.7 Å². The number of aromatic nitrogens is 2. The zero-order valence-corrected chi connectivity index (χ0v) is 13.8. The van der Waals surface area contributed by atoms with Crippen molar-refractivity contribution in [2.75, 3.05) is 6.79 Å². The highest BCUT2D eigenvalue weighted by Crippen LogP contribution is 2.37. The number of fused-ring (bicyclic) bond motifs is 2. The summed E-state index contributed by atoms with van der Waals surface area (Å²) in [5.74, 6) is -1.88. The van der Waals surface area contributed by atoms with Crippen LogP contribution in [0.3, 0.4) is 0 Å². The first-order valence-corrected chi connectivity index (χ1v) is 8.11. The predicted molar refractivity (Wildman–Crippen MR) is 92.1 cm³/mol. The molecule has 0 fully saturated rings. The zero-order chi connectivity index (χ0) is 18.3. The van der Waals surface area contributed by atoms with Gasteiger partial charge in [-0.2, -0.15) is 8.75 Å². The Morgan fingerprint density at radius 1 is 0.846 bits per heavy atom. The van der Waals surface area contributed by atoms with Gasteiger partial charge in [-0.3, -0.25) is 0 Å². The minimum atomic E-state index is -1.36. The minimum absolute atomic E-state index is 0.0319. The summed E-state index contributed by atoms with van der Waals surface area (Å²) in [6, 6.07) is 9.13. The standard InChI is InChI=1S/C17H10N2O6S/c20-16(21)14(8-1-3-10-11(5-8)19-26-18-10)15(17(22)23)9-2-4-12-13(6-9)25-7-24-12/h1-6H,7H2,(H,20,21)(H,22,23). The molecule has 0 unspecified atom stereocenters. The Kier molecular flexibility index (Phi) is 3.77. The van der Waals surface area contributed by atoms with Crippen molar-refractivity contribution in [1.82, 2.24) is 8.75 Å². The number of aliphatic carboxylic acids is 2. The smallest absolute Gasteiger partial charge is 0.337 e. The number of carbonyl (C=O) groups is 2. The molecule has 2 N–H and O–H groups in total. The van der Waals surface area contributed by atoms with Crippen molar-refractivity contribution in [3.05, 3.63) is 47.5 Å². The molecule has 1 aromatic heterocycles. The molecule has 9 heteroatoms. The second kappa shape index (κ2) is 6.12. The number of nitrogens with zero attached hydrogens (tertiary/aromatic N) is 2. The average molecular weight is 370 g/mol. The lowest BCUT2D eigenvalue weighted by Gasteiger charge is -2.10. The molecule has 0 radical (unpaired) electrons. The van der Waals surface area contributed by atoms with Gasteiger partial charge in [-0.15, -0.1) is 0 Å². The van der Waals surface area contributed by atoms with Crippen LogP contribution in [-0.4, -0.2) is 37.7 Å². The third-order valence-electron chi connectivity index (χ3n) is 3.88. The maximum atomic E-state index is 11.9. The van der Waals surface area contributed by atoms with E-state index in [9.17, 15) is 19.8 Å². The molecule has 0 saturated heterocycles. The number of ether oxygens (including phenoxy) is 2. The Labute approximate surface area is 150 Å². The second-order valence-electron chi connectivity index (χ2n) is 5.40.